The zero-order valence-electron chi connectivity index (χ0n) is 14.5. The molecule has 0 fully saturated rings. The maximum atomic E-state index is 11.4. The normalized spacial score (nSPS) is 10.9. The van der Waals surface area contributed by atoms with Crippen LogP contribution in [0.2, 0.25) is 0 Å². The van der Waals surface area contributed by atoms with Crippen molar-refractivity contribution in [2.24, 2.45) is 0 Å². The summed E-state index contributed by atoms with van der Waals surface area (Å²) in [6.07, 6.45) is 0.555. The van der Waals surface area contributed by atoms with Gasteiger partial charge in [0.05, 0.1) is 0 Å². The molecule has 0 aliphatic rings. The van der Waals surface area contributed by atoms with E-state index in [1.54, 1.807) is 6.92 Å². The minimum absolute atomic E-state index is 0.175. The molecule has 0 atom stereocenters. The summed E-state index contributed by atoms with van der Waals surface area (Å²) < 4.78 is 32.3. The van der Waals surface area contributed by atoms with E-state index in [9.17, 15) is 13.2 Å². The van der Waals surface area contributed by atoms with Crippen molar-refractivity contribution >= 4 is 22.0 Å². The zero-order chi connectivity index (χ0) is 18.8. The van der Waals surface area contributed by atoms with E-state index in [0.717, 1.165) is 21.1 Å². The number of anilines is 1. The van der Waals surface area contributed by atoms with Crippen LogP contribution < -0.4 is 5.73 Å². The third-order valence-electron chi connectivity index (χ3n) is 2.93. The molecule has 0 amide bonds. The molecule has 1 aromatic rings. The number of carbonyl (C=O) groups is 1. The summed E-state index contributed by atoms with van der Waals surface area (Å²) in [5.41, 5.74) is 8.92. The number of nitrogen functional groups attached to an aromatic ring is 1. The van der Waals surface area contributed by atoms with E-state index in [0.29, 0.717) is 6.42 Å². The second-order valence-corrected chi connectivity index (χ2v) is 6.51. The molecule has 138 valence electrons. The fourth-order valence-corrected chi connectivity index (χ4v) is 2.69. The third kappa shape index (κ3) is 7.73. The van der Waals surface area contributed by atoms with Gasteiger partial charge in [0.1, 0.15) is 13.3 Å². The Labute approximate surface area is 143 Å². The first kappa shape index (κ1) is 22.3. The topological polar surface area (TPSA) is 119 Å². The maximum Gasteiger partial charge on any atom is 0.389 e. The number of rotatable bonds is 7. The number of benzene rings is 1. The molecule has 24 heavy (non-hydrogen) atoms. The summed E-state index contributed by atoms with van der Waals surface area (Å²) in [7, 11) is -2.83. The van der Waals surface area contributed by atoms with Gasteiger partial charge >= 0.3 is 16.3 Å². The maximum absolute atomic E-state index is 11.4. The average Bonchev–Trinajstić information content (AvgIpc) is 2.52. The van der Waals surface area contributed by atoms with E-state index < -0.39 is 22.9 Å². The highest BCUT2D eigenvalue weighted by molar-refractivity contribution is 7.84. The number of aryl methyl sites for hydroxylation is 2. The molecule has 1 rings (SSSR count). The molecule has 0 aliphatic carbocycles. The Balaban J connectivity index is 0.000000496. The molecule has 8 nitrogen and oxygen atoms in total. The number of hydrogen-bond donors (Lipinski definition) is 2. The fourth-order valence-electron chi connectivity index (χ4n) is 1.66. The fraction of sp³-hybridized carbons (Fsp3) is 0.533. The van der Waals surface area contributed by atoms with Crippen molar-refractivity contribution in [1.29, 1.82) is 0 Å². The van der Waals surface area contributed by atoms with Crippen molar-refractivity contribution in [2.75, 3.05) is 32.7 Å². The van der Waals surface area contributed by atoms with Gasteiger partial charge in [-0.1, -0.05) is 25.1 Å². The van der Waals surface area contributed by atoms with Gasteiger partial charge in [0.25, 0.3) is 0 Å². The summed E-state index contributed by atoms with van der Waals surface area (Å²) in [5.74, 6) is -1.22. The van der Waals surface area contributed by atoms with E-state index >= 15 is 0 Å². The molecule has 9 heteroatoms. The van der Waals surface area contributed by atoms with Crippen LogP contribution in [0.3, 0.4) is 0 Å². The third-order valence-corrected chi connectivity index (χ3v) is 4.25. The lowest BCUT2D eigenvalue weighted by atomic mass is 10.1. The standard InChI is InChI=1S/C8H11N.C7H15NO6S/c1-6-4-3-5-7(2)8(6)9;1-3-4-8(6-13-2)15(11,12)14-7(10)5-9/h3-5H,9H2,1-2H3;9H,3-6H2,1-2H3. The quantitative estimate of drug-likeness (QED) is 0.548. The van der Waals surface area contributed by atoms with Crippen molar-refractivity contribution in [2.45, 2.75) is 27.2 Å². The minimum atomic E-state index is -4.16. The first-order chi connectivity index (χ1) is 11.2. The van der Waals surface area contributed by atoms with Gasteiger partial charge in [0.2, 0.25) is 0 Å². The largest absolute Gasteiger partial charge is 0.398 e. The Kier molecular flexibility index (Phi) is 10.2. The smallest absolute Gasteiger partial charge is 0.389 e. The molecule has 0 unspecified atom stereocenters. The summed E-state index contributed by atoms with van der Waals surface area (Å²) in [6, 6.07) is 6.05. The predicted octanol–water partition coefficient (Wildman–Crippen LogP) is 0.968. The van der Waals surface area contributed by atoms with Crippen molar-refractivity contribution in [3.05, 3.63) is 29.3 Å². The summed E-state index contributed by atoms with van der Waals surface area (Å²) in [6.45, 7) is 4.80. The number of carbonyl (C=O) groups excluding carboxylic acids is 1. The predicted molar refractivity (Wildman–Crippen MR) is 91.3 cm³/mol. The number of ether oxygens (including phenoxy) is 1. The van der Waals surface area contributed by atoms with Crippen molar-refractivity contribution in [3.63, 3.8) is 0 Å². The molecule has 0 saturated carbocycles. The van der Waals surface area contributed by atoms with Crippen molar-refractivity contribution < 1.29 is 27.2 Å². The Bertz CT molecular complexity index is 592. The Morgan fingerprint density at radius 2 is 1.83 bits per heavy atom. The Morgan fingerprint density at radius 3 is 2.21 bits per heavy atom. The summed E-state index contributed by atoms with van der Waals surface area (Å²) in [4.78, 5) is 10.6. The molecule has 0 saturated heterocycles. The molecule has 0 radical (unpaired) electrons. The van der Waals surface area contributed by atoms with Crippen LogP contribution >= 0.6 is 0 Å². The van der Waals surface area contributed by atoms with E-state index in [2.05, 4.69) is 8.92 Å². The van der Waals surface area contributed by atoms with Crippen LogP contribution in [0.15, 0.2) is 18.2 Å². The number of hydrogen-bond acceptors (Lipinski definition) is 7. The molecule has 0 spiro atoms. The van der Waals surface area contributed by atoms with Crippen molar-refractivity contribution in [1.82, 2.24) is 4.31 Å². The van der Waals surface area contributed by atoms with Crippen LogP contribution in [-0.2, 0) is 24.0 Å². The van der Waals surface area contributed by atoms with Crippen molar-refractivity contribution in [3.8, 4) is 0 Å². The van der Waals surface area contributed by atoms with E-state index in [-0.39, 0.29) is 13.3 Å². The van der Waals surface area contributed by atoms with Crippen LogP contribution in [0.4, 0.5) is 5.69 Å². The highest BCUT2D eigenvalue weighted by Gasteiger charge is 2.25. The molecular formula is C15H26N2O6S. The first-order valence-electron chi connectivity index (χ1n) is 7.33. The molecule has 0 bridgehead atoms. The van der Waals surface area contributed by atoms with Gasteiger partial charge in [0, 0.05) is 19.3 Å². The SMILES string of the molecule is CCCN(COC)S(=O)(=O)OC(=O)CO.Cc1cccc(C)c1N. The number of aliphatic hydroxyl groups excluding tert-OH is 1. The lowest BCUT2D eigenvalue weighted by Gasteiger charge is -2.18. The van der Waals surface area contributed by atoms with E-state index in [1.165, 1.54) is 7.11 Å². The molecule has 3 N–H and O–H groups in total. The highest BCUT2D eigenvalue weighted by Crippen LogP contribution is 2.13. The number of nitrogens with two attached hydrogens (primary N) is 1. The van der Waals surface area contributed by atoms with Gasteiger partial charge in [-0.05, 0) is 31.4 Å². The Hall–Kier alpha value is -1.68. The molecule has 0 aromatic heterocycles. The van der Waals surface area contributed by atoms with E-state index in [1.807, 2.05) is 32.0 Å². The van der Waals surface area contributed by atoms with Crippen LogP contribution in [0.5, 0.6) is 0 Å². The van der Waals surface area contributed by atoms with Gasteiger partial charge in [-0.3, -0.25) is 0 Å². The summed E-state index contributed by atoms with van der Waals surface area (Å²) >= 11 is 0. The van der Waals surface area contributed by atoms with Crippen LogP contribution in [0.25, 0.3) is 0 Å². The molecule has 1 aromatic carbocycles. The second kappa shape index (κ2) is 11.0. The lowest BCUT2D eigenvalue weighted by molar-refractivity contribution is -0.137. The second-order valence-electron chi connectivity index (χ2n) is 4.97. The average molecular weight is 362 g/mol. The minimum Gasteiger partial charge on any atom is -0.398 e. The van der Waals surface area contributed by atoms with Gasteiger partial charge in [0.15, 0.2) is 0 Å². The van der Waals surface area contributed by atoms with Gasteiger partial charge in [-0.25, -0.2) is 4.79 Å². The van der Waals surface area contributed by atoms with Crippen LogP contribution in [0, 0.1) is 13.8 Å². The first-order valence-corrected chi connectivity index (χ1v) is 8.69. The number of para-hydroxylation sites is 1. The highest BCUT2D eigenvalue weighted by atomic mass is 32.2. The lowest BCUT2D eigenvalue weighted by Crippen LogP contribution is -2.36. The molecule has 0 heterocycles. The zero-order valence-corrected chi connectivity index (χ0v) is 15.3. The van der Waals surface area contributed by atoms with Gasteiger partial charge in [-0.2, -0.15) is 8.42 Å². The molecule has 0 aliphatic heterocycles. The summed E-state index contributed by atoms with van der Waals surface area (Å²) in [5, 5.41) is 8.35. The number of aliphatic hydroxyl groups is 1. The van der Waals surface area contributed by atoms with E-state index in [4.69, 9.17) is 10.8 Å². The van der Waals surface area contributed by atoms with Crippen LogP contribution in [0.1, 0.15) is 24.5 Å². The number of methoxy groups -OCH3 is 1. The Morgan fingerprint density at radius 1 is 1.29 bits per heavy atom. The number of nitrogens with zero attached hydrogens (tertiary/aromatic N) is 1. The van der Waals surface area contributed by atoms with Gasteiger partial charge < -0.3 is 19.8 Å². The monoisotopic (exact) mass is 362 g/mol. The van der Waals surface area contributed by atoms with Gasteiger partial charge in [-0.15, -0.1) is 4.31 Å². The van der Waals surface area contributed by atoms with Crippen LogP contribution in [-0.4, -0.2) is 50.8 Å². The molecular weight excluding hydrogens is 336 g/mol.